The highest BCUT2D eigenvalue weighted by Crippen LogP contribution is 2.31. The zero-order valence-corrected chi connectivity index (χ0v) is 10.2. The molecule has 4 nitrogen and oxygen atoms in total. The minimum Gasteiger partial charge on any atom is -0.390 e. The smallest absolute Gasteiger partial charge is 0.0849 e. The van der Waals surface area contributed by atoms with Crippen LogP contribution in [0.1, 0.15) is 43.0 Å². The summed E-state index contributed by atoms with van der Waals surface area (Å²) in [4.78, 5) is 0. The molecule has 2 heterocycles. The van der Waals surface area contributed by atoms with Gasteiger partial charge in [-0.15, -0.1) is 0 Å². The zero-order valence-electron chi connectivity index (χ0n) is 10.2. The number of hydrogen-bond donors (Lipinski definition) is 2. The van der Waals surface area contributed by atoms with E-state index in [0.717, 1.165) is 31.2 Å². The summed E-state index contributed by atoms with van der Waals surface area (Å²) in [6.45, 7) is 3.27. The van der Waals surface area contributed by atoms with Crippen LogP contribution in [0.4, 0.5) is 0 Å². The maximum absolute atomic E-state index is 9.39. The lowest BCUT2D eigenvalue weighted by Crippen LogP contribution is -2.28. The van der Waals surface area contributed by atoms with Gasteiger partial charge < -0.3 is 10.4 Å². The SMILES string of the molecule is OCc1cc([C@H]2CCCNC2)nn1CC1CC1. The number of hydrogen-bond acceptors (Lipinski definition) is 3. The fraction of sp³-hybridized carbons (Fsp3) is 0.769. The largest absolute Gasteiger partial charge is 0.390 e. The molecule has 1 aromatic rings. The topological polar surface area (TPSA) is 50.1 Å². The molecule has 2 N–H and O–H groups in total. The van der Waals surface area contributed by atoms with Gasteiger partial charge in [0.25, 0.3) is 0 Å². The van der Waals surface area contributed by atoms with Crippen LogP contribution in [-0.2, 0) is 13.2 Å². The van der Waals surface area contributed by atoms with Gasteiger partial charge in [-0.1, -0.05) is 0 Å². The van der Waals surface area contributed by atoms with Gasteiger partial charge in [-0.25, -0.2) is 0 Å². The van der Waals surface area contributed by atoms with Crippen molar-refractivity contribution in [3.05, 3.63) is 17.5 Å². The molecule has 2 fully saturated rings. The van der Waals surface area contributed by atoms with E-state index in [1.807, 2.05) is 4.68 Å². The number of aliphatic hydroxyl groups is 1. The maximum Gasteiger partial charge on any atom is 0.0849 e. The van der Waals surface area contributed by atoms with E-state index in [1.54, 1.807) is 0 Å². The van der Waals surface area contributed by atoms with Gasteiger partial charge in [0.1, 0.15) is 0 Å². The molecule has 0 radical (unpaired) electrons. The Morgan fingerprint density at radius 3 is 2.94 bits per heavy atom. The summed E-state index contributed by atoms with van der Waals surface area (Å²) in [5.74, 6) is 1.34. The van der Waals surface area contributed by atoms with Crippen molar-refractivity contribution in [3.63, 3.8) is 0 Å². The van der Waals surface area contributed by atoms with Crippen molar-refractivity contribution in [1.82, 2.24) is 15.1 Å². The average molecular weight is 235 g/mol. The lowest BCUT2D eigenvalue weighted by atomic mass is 9.96. The van der Waals surface area contributed by atoms with Crippen molar-refractivity contribution < 1.29 is 5.11 Å². The van der Waals surface area contributed by atoms with Crippen LogP contribution in [0.5, 0.6) is 0 Å². The second-order valence-electron chi connectivity index (χ2n) is 5.39. The predicted molar refractivity (Wildman–Crippen MR) is 65.7 cm³/mol. The highest BCUT2D eigenvalue weighted by molar-refractivity contribution is 5.15. The molecule has 17 heavy (non-hydrogen) atoms. The molecular weight excluding hydrogens is 214 g/mol. The van der Waals surface area contributed by atoms with Crippen molar-refractivity contribution in [3.8, 4) is 0 Å². The third-order valence-corrected chi connectivity index (χ3v) is 3.89. The lowest BCUT2D eigenvalue weighted by Gasteiger charge is -2.20. The molecule has 1 aliphatic heterocycles. The maximum atomic E-state index is 9.39. The number of rotatable bonds is 4. The molecule has 1 saturated heterocycles. The Balaban J connectivity index is 1.76. The van der Waals surface area contributed by atoms with Gasteiger partial charge in [0.2, 0.25) is 0 Å². The Morgan fingerprint density at radius 2 is 2.29 bits per heavy atom. The van der Waals surface area contributed by atoms with E-state index in [2.05, 4.69) is 11.4 Å². The molecule has 1 aromatic heterocycles. The van der Waals surface area contributed by atoms with Crippen LogP contribution in [0, 0.1) is 5.92 Å². The monoisotopic (exact) mass is 235 g/mol. The highest BCUT2D eigenvalue weighted by Gasteiger charge is 2.25. The normalized spacial score (nSPS) is 25.1. The van der Waals surface area contributed by atoms with Crippen molar-refractivity contribution in [2.45, 2.75) is 44.8 Å². The Kier molecular flexibility index (Phi) is 3.16. The third kappa shape index (κ3) is 2.53. The molecule has 1 saturated carbocycles. The molecule has 2 aliphatic rings. The van der Waals surface area contributed by atoms with E-state index < -0.39 is 0 Å². The fourth-order valence-corrected chi connectivity index (χ4v) is 2.61. The molecule has 0 spiro atoms. The zero-order chi connectivity index (χ0) is 11.7. The van der Waals surface area contributed by atoms with Crippen LogP contribution in [0.25, 0.3) is 0 Å². The van der Waals surface area contributed by atoms with E-state index in [1.165, 1.54) is 31.4 Å². The van der Waals surface area contributed by atoms with Gasteiger partial charge >= 0.3 is 0 Å². The minimum atomic E-state index is 0.111. The van der Waals surface area contributed by atoms with Crippen molar-refractivity contribution in [1.29, 1.82) is 0 Å². The Labute approximate surface area is 102 Å². The Bertz CT molecular complexity index is 378. The fourth-order valence-electron chi connectivity index (χ4n) is 2.61. The first-order valence-electron chi connectivity index (χ1n) is 6.75. The van der Waals surface area contributed by atoms with Gasteiger partial charge in [0.15, 0.2) is 0 Å². The third-order valence-electron chi connectivity index (χ3n) is 3.89. The quantitative estimate of drug-likeness (QED) is 0.826. The van der Waals surface area contributed by atoms with Crippen LogP contribution < -0.4 is 5.32 Å². The molecule has 0 amide bonds. The number of aromatic nitrogens is 2. The number of nitrogens with one attached hydrogen (secondary N) is 1. The molecule has 1 aliphatic carbocycles. The number of aliphatic hydroxyl groups excluding tert-OH is 1. The van der Waals surface area contributed by atoms with Crippen LogP contribution in [-0.4, -0.2) is 28.0 Å². The molecule has 0 aromatic carbocycles. The van der Waals surface area contributed by atoms with Crippen molar-refractivity contribution >= 4 is 0 Å². The summed E-state index contributed by atoms with van der Waals surface area (Å²) in [5, 5.41) is 17.5. The predicted octanol–water partition coefficient (Wildman–Crippen LogP) is 1.25. The highest BCUT2D eigenvalue weighted by atomic mass is 16.3. The first kappa shape index (κ1) is 11.2. The van der Waals surface area contributed by atoms with Gasteiger partial charge in [0.05, 0.1) is 18.0 Å². The summed E-state index contributed by atoms with van der Waals surface area (Å²) in [6.07, 6.45) is 5.10. The summed E-state index contributed by atoms with van der Waals surface area (Å²) in [6, 6.07) is 2.10. The summed E-state index contributed by atoms with van der Waals surface area (Å²) < 4.78 is 2.03. The van der Waals surface area contributed by atoms with Crippen LogP contribution in [0.2, 0.25) is 0 Å². The lowest BCUT2D eigenvalue weighted by molar-refractivity contribution is 0.266. The second-order valence-corrected chi connectivity index (χ2v) is 5.39. The van der Waals surface area contributed by atoms with Gasteiger partial charge in [-0.3, -0.25) is 4.68 Å². The Morgan fingerprint density at radius 1 is 1.41 bits per heavy atom. The minimum absolute atomic E-state index is 0.111. The van der Waals surface area contributed by atoms with Crippen LogP contribution in [0.3, 0.4) is 0 Å². The van der Waals surface area contributed by atoms with E-state index in [4.69, 9.17) is 5.10 Å². The van der Waals surface area contributed by atoms with Crippen molar-refractivity contribution in [2.24, 2.45) is 5.92 Å². The summed E-state index contributed by atoms with van der Waals surface area (Å²) >= 11 is 0. The Hall–Kier alpha value is -0.870. The summed E-state index contributed by atoms with van der Waals surface area (Å²) in [5.41, 5.74) is 2.15. The van der Waals surface area contributed by atoms with Gasteiger partial charge in [0, 0.05) is 19.0 Å². The molecule has 0 bridgehead atoms. The number of nitrogens with zero attached hydrogens (tertiary/aromatic N) is 2. The van der Waals surface area contributed by atoms with Gasteiger partial charge in [-0.05, 0) is 44.2 Å². The van der Waals surface area contributed by atoms with Crippen LogP contribution >= 0.6 is 0 Å². The summed E-state index contributed by atoms with van der Waals surface area (Å²) in [7, 11) is 0. The molecular formula is C13H21N3O. The van der Waals surface area contributed by atoms with E-state index in [-0.39, 0.29) is 6.61 Å². The first-order valence-corrected chi connectivity index (χ1v) is 6.75. The van der Waals surface area contributed by atoms with Gasteiger partial charge in [-0.2, -0.15) is 5.10 Å². The molecule has 4 heteroatoms. The van der Waals surface area contributed by atoms with E-state index in [0.29, 0.717) is 5.92 Å². The van der Waals surface area contributed by atoms with Crippen LogP contribution in [0.15, 0.2) is 6.07 Å². The number of piperidine rings is 1. The molecule has 94 valence electrons. The van der Waals surface area contributed by atoms with Crippen molar-refractivity contribution in [2.75, 3.05) is 13.1 Å². The molecule has 1 atom stereocenters. The van der Waals surface area contributed by atoms with E-state index in [9.17, 15) is 5.11 Å². The molecule has 3 rings (SSSR count). The standard InChI is InChI=1S/C13H21N3O/c17-9-12-6-13(11-2-1-5-14-7-11)15-16(12)8-10-3-4-10/h6,10-11,14,17H,1-5,7-9H2/t11-/m0/s1. The first-order chi connectivity index (χ1) is 8.36. The van der Waals surface area contributed by atoms with E-state index >= 15 is 0 Å². The second kappa shape index (κ2) is 4.78. The average Bonchev–Trinajstić information content (AvgIpc) is 3.09. The molecule has 0 unspecified atom stereocenters.